The molecule has 0 saturated heterocycles. The van der Waals surface area contributed by atoms with Crippen molar-refractivity contribution in [2.24, 2.45) is 0 Å². The predicted octanol–water partition coefficient (Wildman–Crippen LogP) is 0.972. The fourth-order valence-corrected chi connectivity index (χ4v) is 1.77. The molecule has 0 aliphatic heterocycles. The normalized spacial score (nSPS) is 12.3. The maximum absolute atomic E-state index is 11.9. The average Bonchev–Trinajstić information content (AvgIpc) is 2.80. The van der Waals surface area contributed by atoms with Gasteiger partial charge in [0.15, 0.2) is 5.69 Å². The van der Waals surface area contributed by atoms with Gasteiger partial charge in [0.2, 0.25) is 0 Å². The van der Waals surface area contributed by atoms with Gasteiger partial charge in [0.1, 0.15) is 0 Å². The van der Waals surface area contributed by atoms with Crippen molar-refractivity contribution in [1.29, 1.82) is 0 Å². The number of aromatic amines is 1. The fourth-order valence-electron chi connectivity index (χ4n) is 1.77. The largest absolute Gasteiger partial charge is 0.393 e. The number of carbonyl (C=O) groups excluding carboxylic acids is 1. The van der Waals surface area contributed by atoms with Gasteiger partial charge in [0.25, 0.3) is 11.6 Å². The van der Waals surface area contributed by atoms with Gasteiger partial charge in [-0.1, -0.05) is 0 Å². The lowest BCUT2D eigenvalue weighted by Gasteiger charge is -2.05. The van der Waals surface area contributed by atoms with Crippen molar-refractivity contribution in [3.63, 3.8) is 0 Å². The first kappa shape index (κ1) is 13.9. The molecule has 1 unspecified atom stereocenters. The lowest BCUT2D eigenvalue weighted by atomic mass is 10.2. The lowest BCUT2D eigenvalue weighted by Crippen LogP contribution is -2.26. The third-order valence-corrected chi connectivity index (χ3v) is 2.82. The van der Waals surface area contributed by atoms with Gasteiger partial charge >= 0.3 is 0 Å². The molecule has 2 aromatic rings. The van der Waals surface area contributed by atoms with Crippen LogP contribution in [0.1, 0.15) is 23.8 Å². The third-order valence-electron chi connectivity index (χ3n) is 2.82. The first-order chi connectivity index (χ1) is 9.49. The Kier molecular flexibility index (Phi) is 3.94. The highest BCUT2D eigenvalue weighted by Gasteiger charge is 2.16. The molecule has 0 spiro atoms. The molecular formula is C12H14N4O4. The molecule has 106 valence electrons. The van der Waals surface area contributed by atoms with Gasteiger partial charge in [0, 0.05) is 24.1 Å². The van der Waals surface area contributed by atoms with Crippen LogP contribution in [0.2, 0.25) is 0 Å². The summed E-state index contributed by atoms with van der Waals surface area (Å²) in [5, 5.41) is 29.4. The molecule has 1 atom stereocenters. The lowest BCUT2D eigenvalue weighted by molar-refractivity contribution is -0.384. The van der Waals surface area contributed by atoms with Gasteiger partial charge in [-0.3, -0.25) is 20.0 Å². The number of hydrogen-bond acceptors (Lipinski definition) is 5. The Balaban J connectivity index is 2.23. The molecule has 20 heavy (non-hydrogen) atoms. The molecule has 0 aliphatic rings. The number of carbonyl (C=O) groups is 1. The number of non-ortho nitro benzene ring substituents is 1. The van der Waals surface area contributed by atoms with Crippen LogP contribution in [-0.4, -0.2) is 38.8 Å². The minimum Gasteiger partial charge on any atom is -0.393 e. The van der Waals surface area contributed by atoms with Gasteiger partial charge in [-0.2, -0.15) is 5.10 Å². The van der Waals surface area contributed by atoms with Crippen LogP contribution in [-0.2, 0) is 0 Å². The van der Waals surface area contributed by atoms with E-state index in [2.05, 4.69) is 15.5 Å². The van der Waals surface area contributed by atoms with E-state index in [-0.39, 0.29) is 11.4 Å². The number of aliphatic hydroxyl groups excluding tert-OH is 1. The van der Waals surface area contributed by atoms with Gasteiger partial charge in [-0.05, 0) is 19.4 Å². The molecule has 0 bridgehead atoms. The Labute approximate surface area is 113 Å². The Bertz CT molecular complexity index is 650. The number of benzene rings is 1. The molecule has 2 rings (SSSR count). The second kappa shape index (κ2) is 5.66. The minimum atomic E-state index is -0.526. The highest BCUT2D eigenvalue weighted by atomic mass is 16.6. The molecular weight excluding hydrogens is 264 g/mol. The van der Waals surface area contributed by atoms with Crippen LogP contribution in [0.5, 0.6) is 0 Å². The minimum absolute atomic E-state index is 0.100. The number of fused-ring (bicyclic) bond motifs is 1. The van der Waals surface area contributed by atoms with Gasteiger partial charge in [-0.15, -0.1) is 0 Å². The Morgan fingerprint density at radius 3 is 3.00 bits per heavy atom. The molecule has 3 N–H and O–H groups in total. The van der Waals surface area contributed by atoms with Gasteiger partial charge < -0.3 is 10.4 Å². The third kappa shape index (κ3) is 2.91. The summed E-state index contributed by atoms with van der Waals surface area (Å²) in [4.78, 5) is 22.2. The number of nitrogens with zero attached hydrogens (tertiary/aromatic N) is 2. The SMILES string of the molecule is CC(O)CCNC(=O)c1n[nH]c2ccc([N+](=O)[O-])cc12. The summed E-state index contributed by atoms with van der Waals surface area (Å²) < 4.78 is 0. The van der Waals surface area contributed by atoms with Crippen LogP contribution >= 0.6 is 0 Å². The van der Waals surface area contributed by atoms with Crippen LogP contribution in [0, 0.1) is 10.1 Å². The van der Waals surface area contributed by atoms with Crippen molar-refractivity contribution in [3.05, 3.63) is 34.0 Å². The highest BCUT2D eigenvalue weighted by Crippen LogP contribution is 2.21. The summed E-state index contributed by atoms with van der Waals surface area (Å²) in [5.41, 5.74) is 0.558. The quantitative estimate of drug-likeness (QED) is 0.555. The monoisotopic (exact) mass is 278 g/mol. The maximum atomic E-state index is 11.9. The van der Waals surface area contributed by atoms with E-state index in [0.29, 0.717) is 23.9 Å². The van der Waals surface area contributed by atoms with Crippen LogP contribution in [0.25, 0.3) is 10.9 Å². The number of rotatable bonds is 5. The van der Waals surface area contributed by atoms with Crippen molar-refractivity contribution in [2.45, 2.75) is 19.4 Å². The molecule has 0 fully saturated rings. The number of nitro groups is 1. The van der Waals surface area contributed by atoms with E-state index in [0.717, 1.165) is 0 Å². The first-order valence-corrected chi connectivity index (χ1v) is 6.08. The van der Waals surface area contributed by atoms with E-state index in [1.807, 2.05) is 0 Å². The Hall–Kier alpha value is -2.48. The summed E-state index contributed by atoms with van der Waals surface area (Å²) in [5.74, 6) is -0.433. The Morgan fingerprint density at radius 1 is 1.60 bits per heavy atom. The van der Waals surface area contributed by atoms with E-state index in [1.165, 1.54) is 18.2 Å². The average molecular weight is 278 g/mol. The topological polar surface area (TPSA) is 121 Å². The molecule has 8 nitrogen and oxygen atoms in total. The summed E-state index contributed by atoms with van der Waals surface area (Å²) in [7, 11) is 0. The number of aromatic nitrogens is 2. The van der Waals surface area contributed by atoms with Crippen LogP contribution in [0.15, 0.2) is 18.2 Å². The molecule has 0 aliphatic carbocycles. The molecule has 8 heteroatoms. The van der Waals surface area contributed by atoms with Gasteiger partial charge in [-0.25, -0.2) is 0 Å². The molecule has 0 saturated carbocycles. The number of H-pyrrole nitrogens is 1. The smallest absolute Gasteiger partial charge is 0.272 e. The van der Waals surface area contributed by atoms with Crippen molar-refractivity contribution in [3.8, 4) is 0 Å². The summed E-state index contributed by atoms with van der Waals surface area (Å²) in [6.07, 6.45) is -0.0823. The fraction of sp³-hybridized carbons (Fsp3) is 0.333. The first-order valence-electron chi connectivity index (χ1n) is 6.08. The second-order valence-corrected chi connectivity index (χ2v) is 4.45. The summed E-state index contributed by atoms with van der Waals surface area (Å²) >= 11 is 0. The van der Waals surface area contributed by atoms with Gasteiger partial charge in [0.05, 0.1) is 16.5 Å². The molecule has 1 amide bonds. The zero-order valence-corrected chi connectivity index (χ0v) is 10.8. The zero-order chi connectivity index (χ0) is 14.7. The van der Waals surface area contributed by atoms with Crippen molar-refractivity contribution >= 4 is 22.5 Å². The summed E-state index contributed by atoms with van der Waals surface area (Å²) in [6, 6.07) is 4.16. The summed E-state index contributed by atoms with van der Waals surface area (Å²) in [6.45, 7) is 1.93. The number of amides is 1. The highest BCUT2D eigenvalue weighted by molar-refractivity contribution is 6.05. The van der Waals surface area contributed by atoms with E-state index in [4.69, 9.17) is 5.11 Å². The van der Waals surface area contributed by atoms with E-state index in [9.17, 15) is 14.9 Å². The zero-order valence-electron chi connectivity index (χ0n) is 10.8. The Morgan fingerprint density at radius 2 is 2.35 bits per heavy atom. The van der Waals surface area contributed by atoms with E-state index < -0.39 is 16.9 Å². The van der Waals surface area contributed by atoms with Crippen molar-refractivity contribution in [2.75, 3.05) is 6.54 Å². The van der Waals surface area contributed by atoms with E-state index >= 15 is 0 Å². The molecule has 1 aromatic heterocycles. The van der Waals surface area contributed by atoms with Crippen molar-refractivity contribution in [1.82, 2.24) is 15.5 Å². The second-order valence-electron chi connectivity index (χ2n) is 4.45. The van der Waals surface area contributed by atoms with Crippen LogP contribution < -0.4 is 5.32 Å². The van der Waals surface area contributed by atoms with E-state index in [1.54, 1.807) is 6.92 Å². The van der Waals surface area contributed by atoms with Crippen LogP contribution in [0.4, 0.5) is 5.69 Å². The van der Waals surface area contributed by atoms with Crippen LogP contribution in [0.3, 0.4) is 0 Å². The number of nitro benzene ring substituents is 1. The number of nitrogens with one attached hydrogen (secondary N) is 2. The predicted molar refractivity (Wildman–Crippen MR) is 71.4 cm³/mol. The standard InChI is InChI=1S/C12H14N4O4/c1-7(17)4-5-13-12(18)11-9-6-8(16(19)20)2-3-10(9)14-15-11/h2-3,6-7,17H,4-5H2,1H3,(H,13,18)(H,14,15). The van der Waals surface area contributed by atoms with Crippen molar-refractivity contribution < 1.29 is 14.8 Å². The number of aliphatic hydroxyl groups is 1. The maximum Gasteiger partial charge on any atom is 0.272 e. The number of hydrogen-bond donors (Lipinski definition) is 3. The molecule has 1 aromatic carbocycles. The molecule has 0 radical (unpaired) electrons. The molecule has 1 heterocycles.